The van der Waals surface area contributed by atoms with Gasteiger partial charge in [0.1, 0.15) is 24.7 Å². The van der Waals surface area contributed by atoms with Crippen LogP contribution in [0.3, 0.4) is 0 Å². The molecule has 29 heavy (non-hydrogen) atoms. The highest BCUT2D eigenvalue weighted by atomic mass is 16.5. The number of ether oxygens (including phenoxy) is 1. The van der Waals surface area contributed by atoms with Crippen LogP contribution in [0.2, 0.25) is 0 Å². The van der Waals surface area contributed by atoms with Gasteiger partial charge >= 0.3 is 0 Å². The van der Waals surface area contributed by atoms with Gasteiger partial charge in [0.25, 0.3) is 0 Å². The van der Waals surface area contributed by atoms with E-state index in [0.717, 1.165) is 16.8 Å². The van der Waals surface area contributed by atoms with E-state index < -0.39 is 0 Å². The van der Waals surface area contributed by atoms with Crippen molar-refractivity contribution in [3.05, 3.63) is 60.4 Å². The summed E-state index contributed by atoms with van der Waals surface area (Å²) in [6.07, 6.45) is 0. The zero-order valence-corrected chi connectivity index (χ0v) is 16.7. The Kier molecular flexibility index (Phi) is 6.84. The fourth-order valence-electron chi connectivity index (χ4n) is 2.87. The van der Waals surface area contributed by atoms with Crippen LogP contribution in [0.4, 0.5) is 0 Å². The van der Waals surface area contributed by atoms with E-state index in [0.29, 0.717) is 18.9 Å². The summed E-state index contributed by atoms with van der Waals surface area (Å²) in [6, 6.07) is 17.2. The van der Waals surface area contributed by atoms with Gasteiger partial charge in [0, 0.05) is 19.0 Å². The number of nitrogens with one attached hydrogen (secondary N) is 2. The van der Waals surface area contributed by atoms with Crippen molar-refractivity contribution in [2.24, 2.45) is 5.92 Å². The number of aromatic nitrogens is 2. The first-order valence-electron chi connectivity index (χ1n) is 9.71. The number of carbonyl (C=O) groups excluding carboxylic acids is 2. The molecule has 0 radical (unpaired) electrons. The molecule has 152 valence electrons. The third-order valence-electron chi connectivity index (χ3n) is 4.42. The Morgan fingerprint density at radius 3 is 2.45 bits per heavy atom. The Morgan fingerprint density at radius 1 is 1.00 bits per heavy atom. The molecule has 3 aromatic rings. The second kappa shape index (κ2) is 9.73. The molecular weight excluding hydrogens is 368 g/mol. The lowest BCUT2D eigenvalue weighted by Crippen LogP contribution is -2.37. The highest BCUT2D eigenvalue weighted by Crippen LogP contribution is 2.18. The van der Waals surface area contributed by atoms with E-state index >= 15 is 0 Å². The van der Waals surface area contributed by atoms with Crippen LogP contribution in [0.15, 0.2) is 54.6 Å². The number of carbonyl (C=O) groups is 2. The maximum Gasteiger partial charge on any atom is 0.240 e. The van der Waals surface area contributed by atoms with Gasteiger partial charge in [-0.1, -0.05) is 44.2 Å². The van der Waals surface area contributed by atoms with E-state index in [4.69, 9.17) is 4.74 Å². The molecule has 0 aliphatic rings. The SMILES string of the molecule is CC(C)C(=O)NCCNC(=O)Cn1c(COc2ccccc2)nc2ccccc21. The molecule has 0 saturated carbocycles. The van der Waals surface area contributed by atoms with Gasteiger partial charge in [-0.05, 0) is 24.3 Å². The topological polar surface area (TPSA) is 85.2 Å². The first-order valence-corrected chi connectivity index (χ1v) is 9.71. The number of hydrogen-bond acceptors (Lipinski definition) is 4. The van der Waals surface area contributed by atoms with Crippen molar-refractivity contribution in [3.63, 3.8) is 0 Å². The van der Waals surface area contributed by atoms with Crippen molar-refractivity contribution in [1.29, 1.82) is 0 Å². The number of imidazole rings is 1. The quantitative estimate of drug-likeness (QED) is 0.546. The van der Waals surface area contributed by atoms with Gasteiger partial charge in [0.05, 0.1) is 11.0 Å². The Morgan fingerprint density at radius 2 is 1.69 bits per heavy atom. The van der Waals surface area contributed by atoms with Crippen LogP contribution in [0.1, 0.15) is 19.7 Å². The van der Waals surface area contributed by atoms with Crippen LogP contribution in [-0.2, 0) is 22.7 Å². The van der Waals surface area contributed by atoms with Gasteiger partial charge in [-0.2, -0.15) is 0 Å². The molecule has 0 fully saturated rings. The Bertz CT molecular complexity index is 967. The Balaban J connectivity index is 1.64. The molecule has 2 N–H and O–H groups in total. The fourth-order valence-corrected chi connectivity index (χ4v) is 2.87. The third kappa shape index (κ3) is 5.57. The summed E-state index contributed by atoms with van der Waals surface area (Å²) >= 11 is 0. The van der Waals surface area contributed by atoms with Crippen molar-refractivity contribution < 1.29 is 14.3 Å². The number of hydrogen-bond donors (Lipinski definition) is 2. The Hall–Kier alpha value is -3.35. The van der Waals surface area contributed by atoms with Gasteiger partial charge in [0.15, 0.2) is 0 Å². The minimum absolute atomic E-state index is 0.0276. The lowest BCUT2D eigenvalue weighted by molar-refractivity contribution is -0.124. The number of benzene rings is 2. The van der Waals surface area contributed by atoms with Gasteiger partial charge in [0.2, 0.25) is 11.8 Å². The fraction of sp³-hybridized carbons (Fsp3) is 0.318. The molecule has 0 spiro atoms. The molecule has 2 amide bonds. The number of nitrogens with zero attached hydrogens (tertiary/aromatic N) is 2. The van der Waals surface area contributed by atoms with Gasteiger partial charge in [-0.3, -0.25) is 9.59 Å². The van der Waals surface area contributed by atoms with Crippen molar-refractivity contribution >= 4 is 22.8 Å². The second-order valence-corrected chi connectivity index (χ2v) is 7.00. The molecule has 0 bridgehead atoms. The first kappa shape index (κ1) is 20.4. The van der Waals surface area contributed by atoms with Crippen molar-refractivity contribution in [2.45, 2.75) is 27.0 Å². The number of para-hydroxylation sites is 3. The molecular formula is C22H26N4O3. The molecule has 0 saturated heterocycles. The van der Waals surface area contributed by atoms with Gasteiger partial charge in [-0.25, -0.2) is 4.98 Å². The van der Waals surface area contributed by atoms with Crippen molar-refractivity contribution in [3.8, 4) is 5.75 Å². The zero-order valence-electron chi connectivity index (χ0n) is 16.7. The monoisotopic (exact) mass is 394 g/mol. The van der Waals surface area contributed by atoms with Crippen LogP contribution < -0.4 is 15.4 Å². The summed E-state index contributed by atoms with van der Waals surface area (Å²) in [5, 5.41) is 5.62. The van der Waals surface area contributed by atoms with E-state index in [1.165, 1.54) is 0 Å². The van der Waals surface area contributed by atoms with E-state index in [9.17, 15) is 9.59 Å². The lowest BCUT2D eigenvalue weighted by atomic mass is 10.2. The Labute approximate surface area is 170 Å². The molecule has 3 rings (SSSR count). The minimum atomic E-state index is -0.145. The van der Waals surface area contributed by atoms with E-state index in [2.05, 4.69) is 15.6 Å². The summed E-state index contributed by atoms with van der Waals surface area (Å²) in [6.45, 7) is 4.83. The summed E-state index contributed by atoms with van der Waals surface area (Å²) < 4.78 is 7.69. The highest BCUT2D eigenvalue weighted by molar-refractivity contribution is 5.81. The molecule has 1 aromatic heterocycles. The molecule has 2 aromatic carbocycles. The predicted octanol–water partition coefficient (Wildman–Crippen LogP) is 2.50. The van der Waals surface area contributed by atoms with Gasteiger partial charge in [-0.15, -0.1) is 0 Å². The smallest absolute Gasteiger partial charge is 0.240 e. The maximum absolute atomic E-state index is 12.4. The average Bonchev–Trinajstić information content (AvgIpc) is 3.07. The molecule has 7 nitrogen and oxygen atoms in total. The number of rotatable bonds is 9. The molecule has 0 atom stereocenters. The summed E-state index contributed by atoms with van der Waals surface area (Å²) in [5.41, 5.74) is 1.69. The van der Waals surface area contributed by atoms with Gasteiger partial charge < -0.3 is 19.9 Å². The van der Waals surface area contributed by atoms with Crippen LogP contribution in [-0.4, -0.2) is 34.5 Å². The maximum atomic E-state index is 12.4. The van der Waals surface area contributed by atoms with E-state index in [1.807, 2.05) is 73.0 Å². The first-order chi connectivity index (χ1) is 14.0. The highest BCUT2D eigenvalue weighted by Gasteiger charge is 2.14. The summed E-state index contributed by atoms with van der Waals surface area (Å²) in [4.78, 5) is 28.6. The zero-order chi connectivity index (χ0) is 20.6. The van der Waals surface area contributed by atoms with Crippen LogP contribution in [0.25, 0.3) is 11.0 Å². The number of amides is 2. The average molecular weight is 394 g/mol. The second-order valence-electron chi connectivity index (χ2n) is 7.00. The normalized spacial score (nSPS) is 10.9. The minimum Gasteiger partial charge on any atom is -0.486 e. The van der Waals surface area contributed by atoms with Crippen LogP contribution in [0.5, 0.6) is 5.75 Å². The summed E-state index contributed by atoms with van der Waals surface area (Å²) in [5.74, 6) is 1.18. The lowest BCUT2D eigenvalue weighted by Gasteiger charge is -2.12. The van der Waals surface area contributed by atoms with E-state index in [1.54, 1.807) is 0 Å². The number of fused-ring (bicyclic) bond motifs is 1. The molecule has 0 aliphatic heterocycles. The van der Waals surface area contributed by atoms with Crippen LogP contribution in [0, 0.1) is 5.92 Å². The molecule has 1 heterocycles. The molecule has 0 unspecified atom stereocenters. The van der Waals surface area contributed by atoms with Crippen LogP contribution >= 0.6 is 0 Å². The largest absolute Gasteiger partial charge is 0.486 e. The predicted molar refractivity (Wildman–Crippen MR) is 111 cm³/mol. The summed E-state index contributed by atoms with van der Waals surface area (Å²) in [7, 11) is 0. The van der Waals surface area contributed by atoms with Crippen molar-refractivity contribution in [1.82, 2.24) is 20.2 Å². The molecule has 0 aliphatic carbocycles. The van der Waals surface area contributed by atoms with E-state index in [-0.39, 0.29) is 30.9 Å². The third-order valence-corrected chi connectivity index (χ3v) is 4.42. The van der Waals surface area contributed by atoms with Crippen molar-refractivity contribution in [2.75, 3.05) is 13.1 Å². The molecule has 7 heteroatoms. The standard InChI is InChI=1S/C22H26N4O3/c1-16(2)22(28)24-13-12-23-21(27)14-26-19-11-7-6-10-18(19)25-20(26)15-29-17-8-4-3-5-9-17/h3-11,16H,12-15H2,1-2H3,(H,23,27)(H,24,28).